The SMILES string of the molecule is Brc1cc[c]cc1. The maximum absolute atomic E-state index is 3.29. The lowest BCUT2D eigenvalue weighted by Crippen LogP contribution is -1.56. The molecule has 0 aliphatic heterocycles. The quantitative estimate of drug-likeness (QED) is 0.540. The van der Waals surface area contributed by atoms with Gasteiger partial charge in [-0.25, -0.2) is 0 Å². The molecule has 0 fully saturated rings. The summed E-state index contributed by atoms with van der Waals surface area (Å²) < 4.78 is 1.10. The van der Waals surface area contributed by atoms with Crippen molar-refractivity contribution in [2.24, 2.45) is 0 Å². The Bertz CT molecular complexity index is 134. The van der Waals surface area contributed by atoms with Crippen LogP contribution in [0.4, 0.5) is 0 Å². The smallest absolute Gasteiger partial charge is 0.0175 e. The summed E-state index contributed by atoms with van der Waals surface area (Å²) in [6.07, 6.45) is 0. The first-order valence-corrected chi connectivity index (χ1v) is 2.80. The van der Waals surface area contributed by atoms with Gasteiger partial charge >= 0.3 is 0 Å². The Morgan fingerprint density at radius 1 is 1.29 bits per heavy atom. The summed E-state index contributed by atoms with van der Waals surface area (Å²) in [6, 6.07) is 10.5. The number of rotatable bonds is 0. The molecule has 0 bridgehead atoms. The molecule has 0 saturated heterocycles. The highest BCUT2D eigenvalue weighted by atomic mass is 79.9. The van der Waals surface area contributed by atoms with Crippen molar-refractivity contribution in [1.29, 1.82) is 0 Å². The van der Waals surface area contributed by atoms with Gasteiger partial charge < -0.3 is 0 Å². The van der Waals surface area contributed by atoms with Crippen LogP contribution in [0.5, 0.6) is 0 Å². The summed E-state index contributed by atoms with van der Waals surface area (Å²) in [5.74, 6) is 0. The largest absolute Gasteiger partial charge is 0.0533 e. The maximum Gasteiger partial charge on any atom is 0.0175 e. The first-order chi connectivity index (χ1) is 3.39. The molecule has 0 amide bonds. The van der Waals surface area contributed by atoms with Gasteiger partial charge in [-0.3, -0.25) is 0 Å². The van der Waals surface area contributed by atoms with Crippen LogP contribution in [0, 0.1) is 6.07 Å². The monoisotopic (exact) mass is 155 g/mol. The normalized spacial score (nSPS) is 8.71. The van der Waals surface area contributed by atoms with Gasteiger partial charge in [-0.1, -0.05) is 28.1 Å². The summed E-state index contributed by atoms with van der Waals surface area (Å²) >= 11 is 3.29. The van der Waals surface area contributed by atoms with Gasteiger partial charge in [-0.05, 0) is 18.2 Å². The zero-order valence-corrected chi connectivity index (χ0v) is 5.27. The lowest BCUT2D eigenvalue weighted by Gasteiger charge is -1.79. The Morgan fingerprint density at radius 3 is 2.14 bits per heavy atom. The molecule has 1 radical (unpaired) electrons. The fourth-order valence-corrected chi connectivity index (χ4v) is 0.631. The molecule has 0 heterocycles. The van der Waals surface area contributed by atoms with E-state index in [1.54, 1.807) is 0 Å². The van der Waals surface area contributed by atoms with Gasteiger partial charge in [0.2, 0.25) is 0 Å². The van der Waals surface area contributed by atoms with E-state index in [9.17, 15) is 0 Å². The van der Waals surface area contributed by atoms with Crippen LogP contribution in [0.15, 0.2) is 28.7 Å². The molecule has 0 unspecified atom stereocenters. The predicted octanol–water partition coefficient (Wildman–Crippen LogP) is 2.25. The topological polar surface area (TPSA) is 0 Å². The van der Waals surface area contributed by atoms with Crippen molar-refractivity contribution in [3.63, 3.8) is 0 Å². The second-order valence-corrected chi connectivity index (χ2v) is 2.13. The standard InChI is InChI=1S/C6H4Br/c7-6-4-2-1-3-5-6/h2-5H. The van der Waals surface area contributed by atoms with Crippen LogP contribution in [0.25, 0.3) is 0 Å². The molecule has 1 heteroatoms. The van der Waals surface area contributed by atoms with E-state index in [-0.39, 0.29) is 0 Å². The summed E-state index contributed by atoms with van der Waals surface area (Å²) in [6.45, 7) is 0. The molecule has 0 nitrogen and oxygen atoms in total. The molecule has 0 atom stereocenters. The van der Waals surface area contributed by atoms with E-state index in [1.165, 1.54) is 0 Å². The summed E-state index contributed by atoms with van der Waals surface area (Å²) in [5.41, 5.74) is 0. The Kier molecular flexibility index (Phi) is 1.47. The van der Waals surface area contributed by atoms with Crippen molar-refractivity contribution in [3.8, 4) is 0 Å². The van der Waals surface area contributed by atoms with Gasteiger partial charge in [-0.2, -0.15) is 0 Å². The first kappa shape index (κ1) is 4.85. The van der Waals surface area contributed by atoms with E-state index in [0.29, 0.717) is 0 Å². The molecule has 7 heavy (non-hydrogen) atoms. The van der Waals surface area contributed by atoms with Crippen LogP contribution in [-0.2, 0) is 0 Å². The Hall–Kier alpha value is -0.300. The molecule has 1 aromatic carbocycles. The predicted molar refractivity (Wildman–Crippen MR) is 33.0 cm³/mol. The first-order valence-electron chi connectivity index (χ1n) is 2.01. The number of hydrogen-bond acceptors (Lipinski definition) is 0. The van der Waals surface area contributed by atoms with Crippen LogP contribution in [-0.4, -0.2) is 0 Å². The van der Waals surface area contributed by atoms with Crippen LogP contribution in [0.3, 0.4) is 0 Å². The highest BCUT2D eigenvalue weighted by Crippen LogP contribution is 2.04. The van der Waals surface area contributed by atoms with Gasteiger partial charge in [0.15, 0.2) is 0 Å². The Balaban J connectivity index is 3.02. The molecule has 35 valence electrons. The maximum atomic E-state index is 3.29. The third-order valence-electron chi connectivity index (χ3n) is 0.678. The zero-order valence-electron chi connectivity index (χ0n) is 3.69. The third kappa shape index (κ3) is 1.32. The number of benzene rings is 1. The third-order valence-corrected chi connectivity index (χ3v) is 1.21. The van der Waals surface area contributed by atoms with Crippen molar-refractivity contribution < 1.29 is 0 Å². The summed E-state index contributed by atoms with van der Waals surface area (Å²) in [7, 11) is 0. The van der Waals surface area contributed by atoms with Crippen LogP contribution < -0.4 is 0 Å². The van der Waals surface area contributed by atoms with Crippen LogP contribution in [0.2, 0.25) is 0 Å². The fourth-order valence-electron chi connectivity index (χ4n) is 0.367. The van der Waals surface area contributed by atoms with Crippen molar-refractivity contribution in [2.45, 2.75) is 0 Å². The van der Waals surface area contributed by atoms with E-state index in [4.69, 9.17) is 0 Å². The number of hydrogen-bond donors (Lipinski definition) is 0. The van der Waals surface area contributed by atoms with Crippen molar-refractivity contribution in [3.05, 3.63) is 34.8 Å². The molecule has 0 aliphatic carbocycles. The van der Waals surface area contributed by atoms with Crippen molar-refractivity contribution >= 4 is 15.9 Å². The zero-order chi connectivity index (χ0) is 5.11. The Morgan fingerprint density at radius 2 is 1.86 bits per heavy atom. The number of halogens is 1. The fraction of sp³-hybridized carbons (Fsp3) is 0. The lowest BCUT2D eigenvalue weighted by atomic mass is 10.4. The average Bonchev–Trinajstić information content (AvgIpc) is 1.69. The minimum absolute atomic E-state index is 1.10. The molecular weight excluding hydrogens is 152 g/mol. The van der Waals surface area contributed by atoms with Gasteiger partial charge in [0, 0.05) is 4.47 Å². The highest BCUT2D eigenvalue weighted by molar-refractivity contribution is 9.10. The van der Waals surface area contributed by atoms with E-state index in [2.05, 4.69) is 22.0 Å². The van der Waals surface area contributed by atoms with E-state index >= 15 is 0 Å². The van der Waals surface area contributed by atoms with E-state index in [0.717, 1.165) is 4.47 Å². The minimum atomic E-state index is 1.10. The van der Waals surface area contributed by atoms with Gasteiger partial charge in [0.05, 0.1) is 0 Å². The molecule has 0 aromatic heterocycles. The van der Waals surface area contributed by atoms with Gasteiger partial charge in [-0.15, -0.1) is 0 Å². The average molecular weight is 156 g/mol. The van der Waals surface area contributed by atoms with Crippen LogP contribution >= 0.6 is 15.9 Å². The Labute approximate surface area is 51.3 Å². The summed E-state index contributed by atoms with van der Waals surface area (Å²) in [4.78, 5) is 0. The second-order valence-electron chi connectivity index (χ2n) is 1.22. The molecule has 0 saturated carbocycles. The van der Waals surface area contributed by atoms with Crippen molar-refractivity contribution in [1.82, 2.24) is 0 Å². The van der Waals surface area contributed by atoms with Gasteiger partial charge in [0.25, 0.3) is 0 Å². The molecule has 0 N–H and O–H groups in total. The molecule has 1 rings (SSSR count). The van der Waals surface area contributed by atoms with Crippen LogP contribution in [0.1, 0.15) is 0 Å². The van der Waals surface area contributed by atoms with E-state index < -0.39 is 0 Å². The second kappa shape index (κ2) is 2.12. The summed E-state index contributed by atoms with van der Waals surface area (Å²) in [5, 5.41) is 0. The molecule has 0 aliphatic rings. The highest BCUT2D eigenvalue weighted by Gasteiger charge is 1.74. The molecule has 0 spiro atoms. The van der Waals surface area contributed by atoms with E-state index in [1.807, 2.05) is 24.3 Å². The van der Waals surface area contributed by atoms with Crippen molar-refractivity contribution in [2.75, 3.05) is 0 Å². The molecular formula is C6H4Br. The van der Waals surface area contributed by atoms with Gasteiger partial charge in [0.1, 0.15) is 0 Å². The molecule has 1 aromatic rings. The minimum Gasteiger partial charge on any atom is -0.0533 e. The lowest BCUT2D eigenvalue weighted by molar-refractivity contribution is 1.64.